The Kier molecular flexibility index (Phi) is 9.95. The molecule has 0 aliphatic heterocycles. The molecule has 4 atom stereocenters. The minimum absolute atomic E-state index is 0.140. The summed E-state index contributed by atoms with van der Waals surface area (Å²) in [7, 11) is -1.60. The summed E-state index contributed by atoms with van der Waals surface area (Å²) >= 11 is 0. The van der Waals surface area contributed by atoms with Crippen LogP contribution in [0.3, 0.4) is 0 Å². The second kappa shape index (κ2) is 10.0. The van der Waals surface area contributed by atoms with Gasteiger partial charge < -0.3 is 9.53 Å². The van der Waals surface area contributed by atoms with Crippen molar-refractivity contribution in [1.29, 1.82) is 0 Å². The monoisotopic (exact) mass is 342 g/mol. The van der Waals surface area contributed by atoms with E-state index in [1.54, 1.807) is 0 Å². The highest BCUT2D eigenvalue weighted by Crippen LogP contribution is 2.35. The van der Waals surface area contributed by atoms with Crippen LogP contribution in [-0.2, 0) is 4.43 Å². The van der Waals surface area contributed by atoms with Crippen molar-refractivity contribution in [2.24, 2.45) is 17.3 Å². The number of hydrogen-bond donors (Lipinski definition) is 1. The third-order valence-electron chi connectivity index (χ3n) is 5.53. The standard InChI is InChI=1S/C20H42O2Si/c1-10-17(6)18(21)14-16(5)15-19(20(7,8)9)22-23(11-2,12-3)13-4/h10,16-19,21H,1,11-15H2,2-9H3/t16-,17+,18-,19-/m0/s1. The fraction of sp³-hybridized carbons (Fsp3) is 0.900. The Balaban J connectivity index is 4.97. The van der Waals surface area contributed by atoms with Gasteiger partial charge in [0, 0.05) is 0 Å². The predicted octanol–water partition coefficient (Wildman–Crippen LogP) is 6.02. The number of hydrogen-bond acceptors (Lipinski definition) is 2. The van der Waals surface area contributed by atoms with Gasteiger partial charge in [-0.05, 0) is 48.2 Å². The maximum atomic E-state index is 10.3. The summed E-state index contributed by atoms with van der Waals surface area (Å²) in [6.07, 6.45) is 3.67. The summed E-state index contributed by atoms with van der Waals surface area (Å²) in [6, 6.07) is 3.57. The predicted molar refractivity (Wildman–Crippen MR) is 105 cm³/mol. The van der Waals surface area contributed by atoms with Crippen LogP contribution < -0.4 is 0 Å². The third-order valence-corrected chi connectivity index (χ3v) is 10.2. The Bertz CT molecular complexity index is 323. The van der Waals surface area contributed by atoms with E-state index >= 15 is 0 Å². The molecule has 0 saturated heterocycles. The lowest BCUT2D eigenvalue weighted by molar-refractivity contribution is 0.0408. The first-order valence-electron chi connectivity index (χ1n) is 9.53. The van der Waals surface area contributed by atoms with Crippen LogP contribution >= 0.6 is 0 Å². The highest BCUT2D eigenvalue weighted by molar-refractivity contribution is 6.73. The molecule has 0 aromatic carbocycles. The number of rotatable bonds is 11. The van der Waals surface area contributed by atoms with E-state index in [2.05, 4.69) is 55.0 Å². The van der Waals surface area contributed by atoms with Gasteiger partial charge in [-0.1, -0.05) is 61.5 Å². The molecule has 2 nitrogen and oxygen atoms in total. The molecule has 0 aliphatic carbocycles. The van der Waals surface area contributed by atoms with Crippen molar-refractivity contribution in [2.45, 2.75) is 98.6 Å². The molecule has 0 unspecified atom stereocenters. The number of aliphatic hydroxyl groups is 1. The molecule has 138 valence electrons. The maximum Gasteiger partial charge on any atom is 0.192 e. The van der Waals surface area contributed by atoms with Gasteiger partial charge in [0.25, 0.3) is 0 Å². The first kappa shape index (κ1) is 22.9. The molecule has 0 spiro atoms. The van der Waals surface area contributed by atoms with Gasteiger partial charge in [-0.25, -0.2) is 0 Å². The van der Waals surface area contributed by atoms with E-state index in [1.165, 1.54) is 18.1 Å². The van der Waals surface area contributed by atoms with Gasteiger partial charge >= 0.3 is 0 Å². The van der Waals surface area contributed by atoms with Crippen molar-refractivity contribution in [3.8, 4) is 0 Å². The Morgan fingerprint density at radius 2 is 1.52 bits per heavy atom. The summed E-state index contributed by atoms with van der Waals surface area (Å²) in [6.45, 7) is 21.8. The molecule has 0 saturated carbocycles. The Labute approximate surface area is 146 Å². The fourth-order valence-corrected chi connectivity index (χ4v) is 6.18. The highest BCUT2D eigenvalue weighted by atomic mass is 28.4. The summed E-state index contributed by atoms with van der Waals surface area (Å²) in [5, 5.41) is 10.3. The molecule has 0 aliphatic rings. The van der Waals surface area contributed by atoms with Crippen molar-refractivity contribution in [2.75, 3.05) is 0 Å². The van der Waals surface area contributed by atoms with Crippen molar-refractivity contribution < 1.29 is 9.53 Å². The van der Waals surface area contributed by atoms with Crippen molar-refractivity contribution in [3.05, 3.63) is 12.7 Å². The van der Waals surface area contributed by atoms with Gasteiger partial charge in [0.15, 0.2) is 8.32 Å². The minimum Gasteiger partial charge on any atom is -0.413 e. The average molecular weight is 343 g/mol. The first-order chi connectivity index (χ1) is 10.5. The van der Waals surface area contributed by atoms with Crippen LogP contribution in [0.2, 0.25) is 18.1 Å². The first-order valence-corrected chi connectivity index (χ1v) is 12.1. The van der Waals surface area contributed by atoms with Gasteiger partial charge in [0.1, 0.15) is 0 Å². The van der Waals surface area contributed by atoms with Crippen molar-refractivity contribution >= 4 is 8.32 Å². The van der Waals surface area contributed by atoms with E-state index in [-0.39, 0.29) is 23.5 Å². The Hall–Kier alpha value is -0.123. The van der Waals surface area contributed by atoms with Gasteiger partial charge in [0.2, 0.25) is 0 Å². The second-order valence-electron chi connectivity index (χ2n) is 8.45. The van der Waals surface area contributed by atoms with E-state index in [0.717, 1.165) is 12.8 Å². The molecule has 23 heavy (non-hydrogen) atoms. The lowest BCUT2D eigenvalue weighted by atomic mass is 9.82. The molecule has 0 rings (SSSR count). The SMILES string of the molecule is C=C[C@@H](C)[C@@H](O)C[C@H](C)C[C@H](O[Si](CC)(CC)CC)C(C)(C)C. The largest absolute Gasteiger partial charge is 0.413 e. The van der Waals surface area contributed by atoms with E-state index in [9.17, 15) is 5.11 Å². The van der Waals surface area contributed by atoms with Gasteiger partial charge in [-0.15, -0.1) is 6.58 Å². The van der Waals surface area contributed by atoms with Crippen LogP contribution in [0.5, 0.6) is 0 Å². The van der Waals surface area contributed by atoms with Gasteiger partial charge in [0.05, 0.1) is 12.2 Å². The van der Waals surface area contributed by atoms with Gasteiger partial charge in [-0.3, -0.25) is 0 Å². The summed E-state index contributed by atoms with van der Waals surface area (Å²) in [5.74, 6) is 0.607. The molecular formula is C20H42O2Si. The highest BCUT2D eigenvalue weighted by Gasteiger charge is 2.37. The zero-order valence-electron chi connectivity index (χ0n) is 17.0. The molecular weight excluding hydrogens is 300 g/mol. The van der Waals surface area contributed by atoms with Crippen molar-refractivity contribution in [1.82, 2.24) is 0 Å². The molecule has 0 heterocycles. The van der Waals surface area contributed by atoms with Crippen LogP contribution in [-0.4, -0.2) is 25.6 Å². The second-order valence-corrected chi connectivity index (χ2v) is 13.2. The summed E-state index contributed by atoms with van der Waals surface area (Å²) < 4.78 is 6.83. The van der Waals surface area contributed by atoms with E-state index in [1.807, 2.05) is 13.0 Å². The molecule has 0 fully saturated rings. The lowest BCUT2D eigenvalue weighted by Crippen LogP contribution is -2.45. The molecule has 0 radical (unpaired) electrons. The zero-order valence-corrected chi connectivity index (χ0v) is 18.0. The van der Waals surface area contributed by atoms with Gasteiger partial charge in [-0.2, -0.15) is 0 Å². The summed E-state index contributed by atoms with van der Waals surface area (Å²) in [4.78, 5) is 0. The van der Waals surface area contributed by atoms with Crippen molar-refractivity contribution in [3.63, 3.8) is 0 Å². The van der Waals surface area contributed by atoms with Crippen LogP contribution in [0, 0.1) is 17.3 Å². The molecule has 1 N–H and O–H groups in total. The van der Waals surface area contributed by atoms with Crippen LogP contribution in [0.1, 0.15) is 68.2 Å². The normalized spacial score (nSPS) is 18.3. The zero-order chi connectivity index (χ0) is 18.3. The topological polar surface area (TPSA) is 29.5 Å². The lowest BCUT2D eigenvalue weighted by Gasteiger charge is -2.41. The molecule has 0 amide bonds. The molecule has 0 bridgehead atoms. The smallest absolute Gasteiger partial charge is 0.192 e. The third kappa shape index (κ3) is 7.53. The van der Waals surface area contributed by atoms with E-state index in [4.69, 9.17) is 4.43 Å². The molecule has 0 aromatic heterocycles. The summed E-state index contributed by atoms with van der Waals surface area (Å²) in [5.41, 5.74) is 0.140. The van der Waals surface area contributed by atoms with Crippen LogP contribution in [0.4, 0.5) is 0 Å². The minimum atomic E-state index is -1.60. The van der Waals surface area contributed by atoms with Crippen LogP contribution in [0.15, 0.2) is 12.7 Å². The molecule has 3 heteroatoms. The Morgan fingerprint density at radius 1 is 1.04 bits per heavy atom. The fourth-order valence-electron chi connectivity index (χ4n) is 3.13. The maximum absolute atomic E-state index is 10.3. The van der Waals surface area contributed by atoms with E-state index in [0.29, 0.717) is 5.92 Å². The quantitative estimate of drug-likeness (QED) is 0.367. The van der Waals surface area contributed by atoms with E-state index < -0.39 is 8.32 Å². The van der Waals surface area contributed by atoms with Crippen LogP contribution in [0.25, 0.3) is 0 Å². The number of aliphatic hydroxyl groups excluding tert-OH is 1. The Morgan fingerprint density at radius 3 is 1.87 bits per heavy atom. The molecule has 0 aromatic rings. The average Bonchev–Trinajstić information content (AvgIpc) is 2.49.